The third-order valence-electron chi connectivity index (χ3n) is 3.00. The number of aliphatic imine (C=N–C) groups is 1. The van der Waals surface area contributed by atoms with Crippen molar-refractivity contribution in [2.24, 2.45) is 4.99 Å². The Hall–Kier alpha value is -3.21. The molecular formula is C25H40N2O3. The Morgan fingerprint density at radius 1 is 1.10 bits per heavy atom. The van der Waals surface area contributed by atoms with Crippen LogP contribution >= 0.6 is 0 Å². The van der Waals surface area contributed by atoms with E-state index >= 15 is 0 Å². The molecule has 1 rings (SSSR count). The summed E-state index contributed by atoms with van der Waals surface area (Å²) >= 11 is 0. The fourth-order valence-corrected chi connectivity index (χ4v) is 1.63. The number of hydrogen-bond acceptors (Lipinski definition) is 4. The van der Waals surface area contributed by atoms with Gasteiger partial charge in [-0.3, -0.25) is 9.79 Å². The standard InChI is InChI=1S/C12H18N2O2.C8H10.C2H6.C2H4.CH2O/c1-5-7-11(13-3)12(15)14-8-10(6-2)9-16-4;1-7-3-5-8(2)6-4-7;3*1-2/h5-7,9H,2,8H2,1,3-4H3,(H,14,15);3-6H,1-2H3;1-2H3;1-2H2;1H2/b7-5-,10-9+,13-11?;;;;. The molecule has 1 N–H and O–H groups in total. The number of amides is 1. The highest BCUT2D eigenvalue weighted by atomic mass is 16.5. The number of nitrogens with zero attached hydrogens (tertiary/aromatic N) is 1. The zero-order valence-corrected chi connectivity index (χ0v) is 19.8. The van der Waals surface area contributed by atoms with Crippen molar-refractivity contribution in [3.63, 3.8) is 0 Å². The number of allylic oxidation sites excluding steroid dienone is 1. The first-order valence-corrected chi connectivity index (χ1v) is 9.52. The van der Waals surface area contributed by atoms with E-state index in [2.05, 4.69) is 68.2 Å². The molecule has 0 aliphatic heterocycles. The first-order chi connectivity index (χ1) is 14.5. The molecule has 5 heteroatoms. The Bertz CT molecular complexity index is 607. The number of hydrogen-bond donors (Lipinski definition) is 1. The smallest absolute Gasteiger partial charge is 0.269 e. The molecule has 1 amide bonds. The van der Waals surface area contributed by atoms with Crippen LogP contribution in [0.1, 0.15) is 31.9 Å². The van der Waals surface area contributed by atoms with Gasteiger partial charge in [0.2, 0.25) is 0 Å². The lowest BCUT2D eigenvalue weighted by Crippen LogP contribution is -2.31. The number of benzene rings is 1. The fourth-order valence-electron chi connectivity index (χ4n) is 1.63. The summed E-state index contributed by atoms with van der Waals surface area (Å²) in [6.45, 7) is 22.0. The van der Waals surface area contributed by atoms with E-state index in [4.69, 9.17) is 9.53 Å². The van der Waals surface area contributed by atoms with Gasteiger partial charge >= 0.3 is 0 Å². The Labute approximate surface area is 184 Å². The number of ether oxygens (including phenoxy) is 1. The molecule has 0 fully saturated rings. The molecule has 1 aromatic carbocycles. The molecule has 168 valence electrons. The molecule has 0 aliphatic carbocycles. The van der Waals surface area contributed by atoms with Crippen molar-refractivity contribution < 1.29 is 14.3 Å². The molecule has 0 heterocycles. The van der Waals surface area contributed by atoms with Gasteiger partial charge in [-0.05, 0) is 26.8 Å². The van der Waals surface area contributed by atoms with E-state index in [1.54, 1.807) is 32.4 Å². The highest BCUT2D eigenvalue weighted by Crippen LogP contribution is 1.99. The molecular weight excluding hydrogens is 376 g/mol. The minimum Gasteiger partial charge on any atom is -0.504 e. The highest BCUT2D eigenvalue weighted by molar-refractivity contribution is 6.43. The van der Waals surface area contributed by atoms with Gasteiger partial charge < -0.3 is 14.8 Å². The van der Waals surface area contributed by atoms with Crippen LogP contribution in [0.25, 0.3) is 0 Å². The van der Waals surface area contributed by atoms with Crippen molar-refractivity contribution in [3.8, 4) is 0 Å². The normalized spacial score (nSPS) is 9.70. The number of methoxy groups -OCH3 is 1. The van der Waals surface area contributed by atoms with Gasteiger partial charge in [-0.2, -0.15) is 0 Å². The summed E-state index contributed by atoms with van der Waals surface area (Å²) in [7, 11) is 3.12. The van der Waals surface area contributed by atoms with E-state index in [9.17, 15) is 4.79 Å². The van der Waals surface area contributed by atoms with Gasteiger partial charge in [0.05, 0.1) is 13.4 Å². The van der Waals surface area contributed by atoms with E-state index in [0.29, 0.717) is 12.3 Å². The number of aryl methyl sites for hydroxylation is 2. The SMILES string of the molecule is C=C.C=C/C(=C\OC)CNC(=O)C(/C=C\C)=NC.C=O.CC.Cc1ccc(C)cc1. The summed E-state index contributed by atoms with van der Waals surface area (Å²) in [5.41, 5.74) is 3.85. The topological polar surface area (TPSA) is 67.8 Å². The molecule has 0 bridgehead atoms. The summed E-state index contributed by atoms with van der Waals surface area (Å²) in [5.74, 6) is -0.218. The fraction of sp³-hybridized carbons (Fsp3) is 0.320. The van der Waals surface area contributed by atoms with Crippen LogP contribution in [0, 0.1) is 13.8 Å². The van der Waals surface area contributed by atoms with Gasteiger partial charge in [0, 0.05) is 19.2 Å². The van der Waals surface area contributed by atoms with Crippen molar-refractivity contribution >= 4 is 18.4 Å². The van der Waals surface area contributed by atoms with Crippen LogP contribution in [0.2, 0.25) is 0 Å². The maximum atomic E-state index is 11.6. The van der Waals surface area contributed by atoms with Gasteiger partial charge in [0.25, 0.3) is 5.91 Å². The summed E-state index contributed by atoms with van der Waals surface area (Å²) in [5, 5.41) is 2.71. The minimum absolute atomic E-state index is 0.218. The van der Waals surface area contributed by atoms with E-state index in [1.165, 1.54) is 17.4 Å². The van der Waals surface area contributed by atoms with Crippen LogP contribution in [0.5, 0.6) is 0 Å². The Morgan fingerprint density at radius 2 is 1.53 bits per heavy atom. The monoisotopic (exact) mass is 416 g/mol. The van der Waals surface area contributed by atoms with E-state index in [-0.39, 0.29) is 5.91 Å². The molecule has 0 aliphatic rings. The second-order valence-electron chi connectivity index (χ2n) is 5.08. The zero-order valence-electron chi connectivity index (χ0n) is 19.8. The van der Waals surface area contributed by atoms with Gasteiger partial charge in [0.15, 0.2) is 0 Å². The quantitative estimate of drug-likeness (QED) is 0.292. The maximum Gasteiger partial charge on any atom is 0.269 e. The average Bonchev–Trinajstić information content (AvgIpc) is 2.81. The summed E-state index contributed by atoms with van der Waals surface area (Å²) in [6, 6.07) is 8.48. The lowest BCUT2D eigenvalue weighted by atomic mass is 10.2. The number of nitrogens with one attached hydrogen (secondary N) is 1. The second-order valence-corrected chi connectivity index (χ2v) is 5.08. The van der Waals surface area contributed by atoms with Crippen molar-refractivity contribution in [2.75, 3.05) is 20.7 Å². The summed E-state index contributed by atoms with van der Waals surface area (Å²) in [4.78, 5) is 23.5. The van der Waals surface area contributed by atoms with Gasteiger partial charge in [-0.15, -0.1) is 13.2 Å². The van der Waals surface area contributed by atoms with Gasteiger partial charge in [-0.1, -0.05) is 68.0 Å². The van der Waals surface area contributed by atoms with Crippen LogP contribution in [-0.4, -0.2) is 39.1 Å². The van der Waals surface area contributed by atoms with Crippen molar-refractivity contribution in [1.29, 1.82) is 0 Å². The van der Waals surface area contributed by atoms with E-state index in [1.807, 2.05) is 27.6 Å². The number of rotatable bonds is 6. The minimum atomic E-state index is -0.218. The first-order valence-electron chi connectivity index (χ1n) is 9.52. The molecule has 0 radical (unpaired) electrons. The van der Waals surface area contributed by atoms with E-state index in [0.717, 1.165) is 5.57 Å². The van der Waals surface area contributed by atoms with Crippen LogP contribution in [0.4, 0.5) is 0 Å². The van der Waals surface area contributed by atoms with E-state index < -0.39 is 0 Å². The van der Waals surface area contributed by atoms with Crippen molar-refractivity contribution in [3.05, 3.63) is 85.2 Å². The highest BCUT2D eigenvalue weighted by Gasteiger charge is 2.06. The molecule has 0 unspecified atom stereocenters. The molecule has 30 heavy (non-hydrogen) atoms. The van der Waals surface area contributed by atoms with Crippen LogP contribution in [0.15, 0.2) is 79.1 Å². The Morgan fingerprint density at radius 3 is 1.83 bits per heavy atom. The third-order valence-corrected chi connectivity index (χ3v) is 3.00. The predicted octanol–water partition coefficient (Wildman–Crippen LogP) is 5.41. The molecule has 0 aromatic heterocycles. The molecule has 1 aromatic rings. The van der Waals surface area contributed by atoms with Gasteiger partial charge in [0.1, 0.15) is 12.5 Å². The lowest BCUT2D eigenvalue weighted by molar-refractivity contribution is -0.114. The Kier molecular flexibility index (Phi) is 32.0. The number of carbonyl (C=O) groups excluding carboxylic acids is 2. The van der Waals surface area contributed by atoms with Crippen LogP contribution < -0.4 is 5.32 Å². The number of carbonyl (C=O) groups is 2. The van der Waals surface area contributed by atoms with Crippen LogP contribution in [-0.2, 0) is 14.3 Å². The first kappa shape index (κ1) is 34.3. The average molecular weight is 417 g/mol. The van der Waals surface area contributed by atoms with Crippen molar-refractivity contribution in [2.45, 2.75) is 34.6 Å². The Balaban J connectivity index is -0.000000200. The second kappa shape index (κ2) is 28.0. The largest absolute Gasteiger partial charge is 0.504 e. The maximum absolute atomic E-state index is 11.6. The molecule has 0 atom stereocenters. The molecule has 0 saturated heterocycles. The predicted molar refractivity (Wildman–Crippen MR) is 132 cm³/mol. The summed E-state index contributed by atoms with van der Waals surface area (Å²) in [6.07, 6.45) is 6.58. The zero-order chi connectivity index (χ0) is 24.4. The molecule has 5 nitrogen and oxygen atoms in total. The molecule has 0 spiro atoms. The lowest BCUT2D eigenvalue weighted by Gasteiger charge is -2.05. The van der Waals surface area contributed by atoms with Gasteiger partial charge in [-0.25, -0.2) is 0 Å². The third kappa shape index (κ3) is 21.1. The molecule has 0 saturated carbocycles. The van der Waals surface area contributed by atoms with Crippen molar-refractivity contribution in [1.82, 2.24) is 5.32 Å². The summed E-state index contributed by atoms with van der Waals surface area (Å²) < 4.78 is 4.83. The van der Waals surface area contributed by atoms with Crippen LogP contribution in [0.3, 0.4) is 0 Å².